The Labute approximate surface area is 98.8 Å². The maximum absolute atomic E-state index is 5.67. The van der Waals surface area contributed by atoms with Gasteiger partial charge in [-0.2, -0.15) is 0 Å². The lowest BCUT2D eigenvalue weighted by molar-refractivity contribution is 0.335. The number of ether oxygens (including phenoxy) is 1. The standard InChI is InChI=1S/C15H20O/c1-5-9-10-13-14(8-4)16-15(11-6-2)12-7-3/h5-13H,2H2,1,3-4H3/b9-5-,12-7-,13-10-,14-8+,15-11+. The van der Waals surface area contributed by atoms with Crippen LogP contribution < -0.4 is 0 Å². The first-order chi connectivity index (χ1) is 7.78. The third kappa shape index (κ3) is 6.66. The molecule has 0 saturated carbocycles. The highest BCUT2D eigenvalue weighted by Gasteiger charge is 1.94. The molecule has 0 aromatic rings. The van der Waals surface area contributed by atoms with Crippen LogP contribution in [0.1, 0.15) is 20.8 Å². The van der Waals surface area contributed by atoms with Gasteiger partial charge in [0.2, 0.25) is 0 Å². The summed E-state index contributed by atoms with van der Waals surface area (Å²) in [4.78, 5) is 0. The number of hydrogen-bond acceptors (Lipinski definition) is 1. The second kappa shape index (κ2) is 9.78. The minimum Gasteiger partial charge on any atom is -0.458 e. The van der Waals surface area contributed by atoms with E-state index >= 15 is 0 Å². The smallest absolute Gasteiger partial charge is 0.127 e. The van der Waals surface area contributed by atoms with E-state index in [0.29, 0.717) is 0 Å². The van der Waals surface area contributed by atoms with E-state index in [1.807, 2.05) is 69.4 Å². The fraction of sp³-hybridized carbons (Fsp3) is 0.200. The van der Waals surface area contributed by atoms with Crippen LogP contribution in [0.15, 0.2) is 72.8 Å². The first-order valence-corrected chi connectivity index (χ1v) is 5.37. The molecule has 1 nitrogen and oxygen atoms in total. The van der Waals surface area contributed by atoms with Crippen molar-refractivity contribution in [1.82, 2.24) is 0 Å². The highest BCUT2D eigenvalue weighted by molar-refractivity contribution is 5.23. The van der Waals surface area contributed by atoms with Crippen molar-refractivity contribution in [3.05, 3.63) is 72.8 Å². The van der Waals surface area contributed by atoms with Crippen LogP contribution in [0.5, 0.6) is 0 Å². The normalized spacial score (nSPS) is 14.2. The first-order valence-electron chi connectivity index (χ1n) is 5.37. The van der Waals surface area contributed by atoms with Gasteiger partial charge in [-0.3, -0.25) is 0 Å². The average Bonchev–Trinajstić information content (AvgIpc) is 2.28. The van der Waals surface area contributed by atoms with Crippen LogP contribution in [0.2, 0.25) is 0 Å². The zero-order valence-electron chi connectivity index (χ0n) is 10.3. The SMILES string of the molecule is C=C/C=C(\C=C/C)OC(/C=C\C=C/C)=C/C. The van der Waals surface area contributed by atoms with Crippen molar-refractivity contribution in [3.8, 4) is 0 Å². The maximum atomic E-state index is 5.67. The molecule has 0 fully saturated rings. The molecule has 86 valence electrons. The van der Waals surface area contributed by atoms with E-state index < -0.39 is 0 Å². The predicted octanol–water partition coefficient (Wildman–Crippen LogP) is 4.69. The van der Waals surface area contributed by atoms with Crippen LogP contribution in [-0.2, 0) is 4.74 Å². The zero-order chi connectivity index (χ0) is 12.2. The van der Waals surface area contributed by atoms with Gasteiger partial charge in [0.25, 0.3) is 0 Å². The molecule has 0 bridgehead atoms. The van der Waals surface area contributed by atoms with Crippen molar-refractivity contribution in [2.75, 3.05) is 0 Å². The molecule has 1 heteroatoms. The topological polar surface area (TPSA) is 9.23 Å². The van der Waals surface area contributed by atoms with Crippen molar-refractivity contribution >= 4 is 0 Å². The van der Waals surface area contributed by atoms with Gasteiger partial charge in [0, 0.05) is 0 Å². The Morgan fingerprint density at radius 3 is 2.19 bits per heavy atom. The monoisotopic (exact) mass is 216 g/mol. The molecule has 0 rings (SSSR count). The van der Waals surface area contributed by atoms with Crippen molar-refractivity contribution in [3.63, 3.8) is 0 Å². The number of allylic oxidation sites excluding steroid dienone is 9. The molecule has 0 N–H and O–H groups in total. The molecule has 0 heterocycles. The van der Waals surface area contributed by atoms with Crippen LogP contribution in [0.4, 0.5) is 0 Å². The molecule has 0 unspecified atom stereocenters. The molecule has 0 spiro atoms. The van der Waals surface area contributed by atoms with Crippen LogP contribution in [-0.4, -0.2) is 0 Å². The summed E-state index contributed by atoms with van der Waals surface area (Å²) in [6, 6.07) is 0. The molecule has 0 aliphatic heterocycles. The summed E-state index contributed by atoms with van der Waals surface area (Å²) in [7, 11) is 0. The molecule has 0 radical (unpaired) electrons. The molecular formula is C15H20O. The van der Waals surface area contributed by atoms with Gasteiger partial charge in [0.05, 0.1) is 0 Å². The summed E-state index contributed by atoms with van der Waals surface area (Å²) in [6.07, 6.45) is 17.1. The maximum Gasteiger partial charge on any atom is 0.127 e. The fourth-order valence-electron chi connectivity index (χ4n) is 0.991. The zero-order valence-corrected chi connectivity index (χ0v) is 10.3. The van der Waals surface area contributed by atoms with Crippen molar-refractivity contribution in [1.29, 1.82) is 0 Å². The van der Waals surface area contributed by atoms with E-state index in [4.69, 9.17) is 4.74 Å². The van der Waals surface area contributed by atoms with Gasteiger partial charge in [0.1, 0.15) is 11.5 Å². The second-order valence-electron chi connectivity index (χ2n) is 2.98. The van der Waals surface area contributed by atoms with E-state index in [2.05, 4.69) is 6.58 Å². The summed E-state index contributed by atoms with van der Waals surface area (Å²) in [5, 5.41) is 0. The van der Waals surface area contributed by atoms with Crippen molar-refractivity contribution in [2.24, 2.45) is 0 Å². The van der Waals surface area contributed by atoms with E-state index in [0.717, 1.165) is 11.5 Å². The highest BCUT2D eigenvalue weighted by Crippen LogP contribution is 2.09. The number of hydrogen-bond donors (Lipinski definition) is 0. The summed E-state index contributed by atoms with van der Waals surface area (Å²) < 4.78 is 5.67. The van der Waals surface area contributed by atoms with Gasteiger partial charge in [-0.1, -0.05) is 37.0 Å². The lowest BCUT2D eigenvalue weighted by atomic mass is 10.3. The Kier molecular flexibility index (Phi) is 8.71. The van der Waals surface area contributed by atoms with Crippen LogP contribution >= 0.6 is 0 Å². The summed E-state index contributed by atoms with van der Waals surface area (Å²) in [5.74, 6) is 1.58. The lowest BCUT2D eigenvalue weighted by Crippen LogP contribution is -1.87. The van der Waals surface area contributed by atoms with Gasteiger partial charge in [-0.15, -0.1) is 0 Å². The summed E-state index contributed by atoms with van der Waals surface area (Å²) >= 11 is 0. The molecule has 0 aliphatic carbocycles. The van der Waals surface area contributed by atoms with Crippen molar-refractivity contribution < 1.29 is 4.74 Å². The van der Waals surface area contributed by atoms with E-state index in [1.165, 1.54) is 0 Å². The minimum atomic E-state index is 0.774. The van der Waals surface area contributed by atoms with Gasteiger partial charge in [-0.05, 0) is 45.1 Å². The van der Waals surface area contributed by atoms with Crippen LogP contribution in [0, 0.1) is 0 Å². The molecule has 0 aromatic carbocycles. The van der Waals surface area contributed by atoms with E-state index in [9.17, 15) is 0 Å². The highest BCUT2D eigenvalue weighted by atomic mass is 16.5. The Bertz CT molecular complexity index is 338. The molecule has 16 heavy (non-hydrogen) atoms. The quantitative estimate of drug-likeness (QED) is 0.462. The van der Waals surface area contributed by atoms with E-state index in [1.54, 1.807) is 6.08 Å². The third-order valence-electron chi connectivity index (χ3n) is 1.70. The average molecular weight is 216 g/mol. The predicted molar refractivity (Wildman–Crippen MR) is 71.9 cm³/mol. The minimum absolute atomic E-state index is 0.774. The number of rotatable bonds is 6. The Balaban J connectivity index is 4.64. The lowest BCUT2D eigenvalue weighted by Gasteiger charge is -2.06. The summed E-state index contributed by atoms with van der Waals surface area (Å²) in [5.41, 5.74) is 0. The van der Waals surface area contributed by atoms with Gasteiger partial charge in [0.15, 0.2) is 0 Å². The molecule has 0 aromatic heterocycles. The largest absolute Gasteiger partial charge is 0.458 e. The van der Waals surface area contributed by atoms with Crippen LogP contribution in [0.3, 0.4) is 0 Å². The molecule has 0 atom stereocenters. The Morgan fingerprint density at radius 1 is 0.938 bits per heavy atom. The molecule has 0 amide bonds. The van der Waals surface area contributed by atoms with Crippen molar-refractivity contribution in [2.45, 2.75) is 20.8 Å². The third-order valence-corrected chi connectivity index (χ3v) is 1.70. The summed E-state index contributed by atoms with van der Waals surface area (Å²) in [6.45, 7) is 9.52. The molecular weight excluding hydrogens is 196 g/mol. The van der Waals surface area contributed by atoms with Gasteiger partial charge in [-0.25, -0.2) is 0 Å². The Morgan fingerprint density at radius 2 is 1.69 bits per heavy atom. The molecule has 0 aliphatic rings. The van der Waals surface area contributed by atoms with Gasteiger partial charge < -0.3 is 4.74 Å². The fourth-order valence-corrected chi connectivity index (χ4v) is 0.991. The second-order valence-corrected chi connectivity index (χ2v) is 2.98. The van der Waals surface area contributed by atoms with Gasteiger partial charge >= 0.3 is 0 Å². The first kappa shape index (κ1) is 14.2. The Hall–Kier alpha value is -1.76. The van der Waals surface area contributed by atoms with Crippen LogP contribution in [0.25, 0.3) is 0 Å². The molecule has 0 saturated heterocycles. The van der Waals surface area contributed by atoms with E-state index in [-0.39, 0.29) is 0 Å².